The van der Waals surface area contributed by atoms with Crippen molar-refractivity contribution in [1.82, 2.24) is 15.0 Å². The fraction of sp³-hybridized carbons (Fsp3) is 0.182. The van der Waals surface area contributed by atoms with Crippen LogP contribution in [0.1, 0.15) is 5.56 Å². The van der Waals surface area contributed by atoms with E-state index in [9.17, 15) is 23.3 Å². The second kappa shape index (κ2) is 5.79. The van der Waals surface area contributed by atoms with Crippen LogP contribution < -0.4 is 10.1 Å². The largest absolute Gasteiger partial charge is 0.480 e. The molecule has 2 aromatic heterocycles. The molecule has 2 heterocycles. The molecule has 2 rings (SSSR count). The molecular weight excluding hydrogens is 307 g/mol. The summed E-state index contributed by atoms with van der Waals surface area (Å²) in [5.41, 5.74) is -2.04. The minimum Gasteiger partial charge on any atom is -0.480 e. The van der Waals surface area contributed by atoms with Crippen molar-refractivity contribution in [1.29, 1.82) is 0 Å². The van der Waals surface area contributed by atoms with Crippen molar-refractivity contribution in [3.05, 3.63) is 40.3 Å². The van der Waals surface area contributed by atoms with E-state index in [0.29, 0.717) is 12.3 Å². The van der Waals surface area contributed by atoms with Crippen LogP contribution in [0.5, 0.6) is 5.88 Å². The molecule has 22 heavy (non-hydrogen) atoms. The Labute approximate surface area is 121 Å². The number of rotatable bonds is 4. The number of nitro groups is 1. The van der Waals surface area contributed by atoms with Gasteiger partial charge in [-0.1, -0.05) is 0 Å². The Bertz CT molecular complexity index is 690. The quantitative estimate of drug-likeness (QED) is 0.683. The smallest absolute Gasteiger partial charge is 0.418 e. The Morgan fingerprint density at radius 2 is 1.95 bits per heavy atom. The molecule has 0 atom stereocenters. The summed E-state index contributed by atoms with van der Waals surface area (Å²) in [6, 6.07) is 0.395. The van der Waals surface area contributed by atoms with E-state index >= 15 is 0 Å². The molecule has 0 unspecified atom stereocenters. The molecule has 8 nitrogen and oxygen atoms in total. The van der Waals surface area contributed by atoms with Gasteiger partial charge in [0.2, 0.25) is 11.7 Å². The van der Waals surface area contributed by atoms with Gasteiger partial charge in [0.25, 0.3) is 0 Å². The van der Waals surface area contributed by atoms with Crippen LogP contribution in [0.15, 0.2) is 24.7 Å². The van der Waals surface area contributed by atoms with E-state index in [4.69, 9.17) is 4.74 Å². The first-order valence-corrected chi connectivity index (χ1v) is 5.66. The fourth-order valence-electron chi connectivity index (χ4n) is 1.45. The summed E-state index contributed by atoms with van der Waals surface area (Å²) < 4.78 is 42.4. The highest BCUT2D eigenvalue weighted by Crippen LogP contribution is 2.34. The molecule has 0 aliphatic rings. The predicted molar refractivity (Wildman–Crippen MR) is 67.8 cm³/mol. The summed E-state index contributed by atoms with van der Waals surface area (Å²) in [6.45, 7) is 0. The van der Waals surface area contributed by atoms with E-state index in [1.165, 1.54) is 19.5 Å². The Hall–Kier alpha value is -2.98. The van der Waals surface area contributed by atoms with Crippen molar-refractivity contribution >= 4 is 17.3 Å². The number of ether oxygens (including phenoxy) is 1. The molecule has 0 radical (unpaired) electrons. The van der Waals surface area contributed by atoms with Gasteiger partial charge in [0.05, 0.1) is 30.0 Å². The van der Waals surface area contributed by atoms with Crippen LogP contribution >= 0.6 is 0 Å². The van der Waals surface area contributed by atoms with Gasteiger partial charge in [0, 0.05) is 12.3 Å². The van der Waals surface area contributed by atoms with Crippen LogP contribution in [-0.4, -0.2) is 27.0 Å². The van der Waals surface area contributed by atoms with Gasteiger partial charge in [-0.15, -0.1) is 0 Å². The SMILES string of the molecule is COc1cnc(Nc2ncc(C(F)(F)F)cc2[N+](=O)[O-])cn1. The van der Waals surface area contributed by atoms with Crippen molar-refractivity contribution in [2.75, 3.05) is 12.4 Å². The number of halogens is 3. The van der Waals surface area contributed by atoms with Crippen LogP contribution in [0.25, 0.3) is 0 Å². The lowest BCUT2D eigenvalue weighted by Crippen LogP contribution is -2.08. The maximum absolute atomic E-state index is 12.6. The highest BCUT2D eigenvalue weighted by atomic mass is 19.4. The van der Waals surface area contributed by atoms with Gasteiger partial charge in [-0.3, -0.25) is 10.1 Å². The van der Waals surface area contributed by atoms with Crippen molar-refractivity contribution in [2.24, 2.45) is 0 Å². The molecular formula is C11H8F3N5O3. The number of hydrogen-bond donors (Lipinski definition) is 1. The number of alkyl halides is 3. The first kappa shape index (κ1) is 15.4. The van der Waals surface area contributed by atoms with Gasteiger partial charge < -0.3 is 10.1 Å². The Morgan fingerprint density at radius 1 is 1.23 bits per heavy atom. The Morgan fingerprint density at radius 3 is 2.45 bits per heavy atom. The number of methoxy groups -OCH3 is 1. The molecule has 0 aliphatic heterocycles. The number of aromatic nitrogens is 3. The Balaban J connectivity index is 2.35. The second-order valence-electron chi connectivity index (χ2n) is 3.92. The molecule has 0 spiro atoms. The van der Waals surface area contributed by atoms with E-state index in [0.717, 1.165) is 0 Å². The lowest BCUT2D eigenvalue weighted by atomic mass is 10.2. The summed E-state index contributed by atoms with van der Waals surface area (Å²) in [4.78, 5) is 21.0. The lowest BCUT2D eigenvalue weighted by molar-refractivity contribution is -0.384. The molecule has 1 N–H and O–H groups in total. The lowest BCUT2D eigenvalue weighted by Gasteiger charge is -2.09. The third kappa shape index (κ3) is 3.37. The third-order valence-electron chi connectivity index (χ3n) is 2.48. The molecule has 11 heteroatoms. The van der Waals surface area contributed by atoms with Crippen LogP contribution in [0, 0.1) is 10.1 Å². The summed E-state index contributed by atoms with van der Waals surface area (Å²) in [5, 5.41) is 13.3. The molecule has 0 saturated carbocycles. The van der Waals surface area contributed by atoms with Gasteiger partial charge in [0.1, 0.15) is 0 Å². The summed E-state index contributed by atoms with van der Waals surface area (Å²) in [7, 11) is 1.37. The predicted octanol–water partition coefficient (Wildman–Crippen LogP) is 2.55. The number of pyridine rings is 1. The summed E-state index contributed by atoms with van der Waals surface area (Å²) >= 11 is 0. The standard InChI is InChI=1S/C11H8F3N5O3/c1-22-9-5-15-8(4-16-9)18-10-7(19(20)21)2-6(3-17-10)11(12,13)14/h2-5H,1H3,(H,15,17,18). The van der Waals surface area contributed by atoms with Gasteiger partial charge in [-0.25, -0.2) is 15.0 Å². The number of nitrogens with one attached hydrogen (secondary N) is 1. The van der Waals surface area contributed by atoms with Crippen molar-refractivity contribution in [3.8, 4) is 5.88 Å². The van der Waals surface area contributed by atoms with Gasteiger partial charge in [-0.2, -0.15) is 13.2 Å². The van der Waals surface area contributed by atoms with Gasteiger partial charge in [0.15, 0.2) is 5.82 Å². The van der Waals surface area contributed by atoms with Crippen LogP contribution in [0.3, 0.4) is 0 Å². The average molecular weight is 315 g/mol. The highest BCUT2D eigenvalue weighted by molar-refractivity contribution is 5.63. The minimum absolute atomic E-state index is 0.0659. The van der Waals surface area contributed by atoms with Gasteiger partial charge in [-0.05, 0) is 0 Å². The van der Waals surface area contributed by atoms with E-state index in [1.807, 2.05) is 0 Å². The maximum atomic E-state index is 12.6. The van der Waals surface area contributed by atoms with E-state index in [1.54, 1.807) is 0 Å². The first-order valence-electron chi connectivity index (χ1n) is 5.66. The van der Waals surface area contributed by atoms with Crippen molar-refractivity contribution in [3.63, 3.8) is 0 Å². The van der Waals surface area contributed by atoms with E-state index in [-0.39, 0.29) is 17.5 Å². The average Bonchev–Trinajstić information content (AvgIpc) is 2.47. The van der Waals surface area contributed by atoms with Crippen LogP contribution in [0.2, 0.25) is 0 Å². The second-order valence-corrected chi connectivity index (χ2v) is 3.92. The van der Waals surface area contributed by atoms with Crippen LogP contribution in [-0.2, 0) is 6.18 Å². The molecule has 0 amide bonds. The monoisotopic (exact) mass is 315 g/mol. The zero-order valence-corrected chi connectivity index (χ0v) is 11.0. The number of anilines is 2. The molecule has 0 fully saturated rings. The normalized spacial score (nSPS) is 11.1. The zero-order valence-electron chi connectivity index (χ0n) is 11.0. The molecule has 0 aromatic carbocycles. The summed E-state index contributed by atoms with van der Waals surface area (Å²) in [5.74, 6) is -0.103. The number of nitrogens with zero attached hydrogens (tertiary/aromatic N) is 4. The first-order chi connectivity index (χ1) is 10.3. The fourth-order valence-corrected chi connectivity index (χ4v) is 1.45. The minimum atomic E-state index is -4.73. The highest BCUT2D eigenvalue weighted by Gasteiger charge is 2.34. The molecule has 0 bridgehead atoms. The zero-order chi connectivity index (χ0) is 16.3. The molecule has 0 aliphatic carbocycles. The van der Waals surface area contributed by atoms with Crippen LogP contribution in [0.4, 0.5) is 30.5 Å². The van der Waals surface area contributed by atoms with E-state index in [2.05, 4.69) is 20.3 Å². The van der Waals surface area contributed by atoms with E-state index < -0.39 is 22.4 Å². The van der Waals surface area contributed by atoms with Crippen molar-refractivity contribution in [2.45, 2.75) is 6.18 Å². The topological polar surface area (TPSA) is 103 Å². The molecule has 116 valence electrons. The van der Waals surface area contributed by atoms with Crippen molar-refractivity contribution < 1.29 is 22.8 Å². The maximum Gasteiger partial charge on any atom is 0.418 e. The molecule has 2 aromatic rings. The third-order valence-corrected chi connectivity index (χ3v) is 2.48. The van der Waals surface area contributed by atoms with Gasteiger partial charge >= 0.3 is 11.9 Å². The Kier molecular flexibility index (Phi) is 4.06. The number of hydrogen-bond acceptors (Lipinski definition) is 7. The summed E-state index contributed by atoms with van der Waals surface area (Å²) in [6.07, 6.45) is -1.80. The molecule has 0 saturated heterocycles.